The quantitative estimate of drug-likeness (QED) is 0.353. The van der Waals surface area contributed by atoms with Crippen molar-refractivity contribution in [3.63, 3.8) is 0 Å². The molecule has 1 atom stereocenters. The third-order valence-corrected chi connectivity index (χ3v) is 5.27. The van der Waals surface area contributed by atoms with Crippen molar-refractivity contribution in [3.8, 4) is 11.5 Å². The molecule has 1 unspecified atom stereocenters. The number of nitrogens with one attached hydrogen (secondary N) is 2. The van der Waals surface area contributed by atoms with Crippen LogP contribution in [0.15, 0.2) is 60.7 Å². The van der Waals surface area contributed by atoms with Gasteiger partial charge in [0.05, 0.1) is 23.3 Å². The van der Waals surface area contributed by atoms with E-state index in [-0.39, 0.29) is 23.5 Å². The highest BCUT2D eigenvalue weighted by atomic mass is 19.2. The number of ether oxygens (including phenoxy) is 1. The van der Waals surface area contributed by atoms with Gasteiger partial charge >= 0.3 is 11.7 Å². The lowest BCUT2D eigenvalue weighted by Crippen LogP contribution is -2.43. The van der Waals surface area contributed by atoms with E-state index in [1.54, 1.807) is 37.3 Å². The lowest BCUT2D eigenvalue weighted by Gasteiger charge is -2.31. The van der Waals surface area contributed by atoms with Gasteiger partial charge in [0, 0.05) is 11.6 Å². The molecule has 0 aromatic heterocycles. The van der Waals surface area contributed by atoms with Crippen LogP contribution in [0.1, 0.15) is 29.7 Å². The Hall–Kier alpha value is -4.47. The molecule has 8 nitrogen and oxygen atoms in total. The van der Waals surface area contributed by atoms with Crippen LogP contribution in [0.2, 0.25) is 0 Å². The van der Waals surface area contributed by atoms with Crippen molar-refractivity contribution < 1.29 is 28.3 Å². The number of hydrogen-bond donors (Lipinski definition) is 3. The Bertz CT molecular complexity index is 1310. The number of amides is 2. The van der Waals surface area contributed by atoms with Crippen molar-refractivity contribution in [2.45, 2.75) is 13.0 Å². The number of benzene rings is 3. The summed E-state index contributed by atoms with van der Waals surface area (Å²) < 4.78 is 33.3. The van der Waals surface area contributed by atoms with Gasteiger partial charge in [0.15, 0.2) is 17.4 Å². The van der Waals surface area contributed by atoms with Crippen LogP contribution >= 0.6 is 0 Å². The number of carbonyl (C=O) groups is 1. The number of nitro groups is 1. The van der Waals surface area contributed by atoms with Crippen LogP contribution < -0.4 is 15.4 Å². The van der Waals surface area contributed by atoms with Gasteiger partial charge in [-0.15, -0.1) is 0 Å². The first-order valence-electron chi connectivity index (χ1n) is 10.3. The number of hydrogen-bond acceptors (Lipinski definition) is 5. The summed E-state index contributed by atoms with van der Waals surface area (Å²) in [7, 11) is 0. The summed E-state index contributed by atoms with van der Waals surface area (Å²) in [6, 6.07) is 12.8. The van der Waals surface area contributed by atoms with Crippen molar-refractivity contribution in [2.75, 3.05) is 6.61 Å². The van der Waals surface area contributed by atoms with Gasteiger partial charge in [0.2, 0.25) is 5.75 Å². The number of nitrogens with zero attached hydrogens (tertiary/aromatic N) is 1. The molecule has 0 bridgehead atoms. The van der Waals surface area contributed by atoms with Crippen LogP contribution in [-0.4, -0.2) is 22.7 Å². The van der Waals surface area contributed by atoms with Crippen LogP contribution in [0.3, 0.4) is 0 Å². The highest BCUT2D eigenvalue weighted by molar-refractivity contribution is 6.03. The zero-order valence-electron chi connectivity index (χ0n) is 17.8. The summed E-state index contributed by atoms with van der Waals surface area (Å²) in [5, 5.41) is 27.2. The molecular formula is C24H19F2N3O5. The lowest BCUT2D eigenvalue weighted by molar-refractivity contribution is -0.386. The zero-order chi connectivity index (χ0) is 24.4. The Morgan fingerprint density at radius 3 is 2.44 bits per heavy atom. The molecule has 3 aromatic rings. The summed E-state index contributed by atoms with van der Waals surface area (Å²) in [4.78, 5) is 23.4. The third-order valence-electron chi connectivity index (χ3n) is 5.27. The molecule has 3 N–H and O–H groups in total. The molecule has 0 aliphatic carbocycles. The smallest absolute Gasteiger partial charge is 0.320 e. The van der Waals surface area contributed by atoms with E-state index in [9.17, 15) is 28.8 Å². The second-order valence-electron chi connectivity index (χ2n) is 7.39. The third kappa shape index (κ3) is 4.25. The van der Waals surface area contributed by atoms with Crippen LogP contribution in [0, 0.1) is 21.7 Å². The predicted molar refractivity (Wildman–Crippen MR) is 120 cm³/mol. The maximum absolute atomic E-state index is 14.2. The maximum atomic E-state index is 14.2. The van der Waals surface area contributed by atoms with E-state index in [4.69, 9.17) is 4.74 Å². The van der Waals surface area contributed by atoms with Crippen molar-refractivity contribution in [3.05, 3.63) is 99.1 Å². The highest BCUT2D eigenvalue weighted by Crippen LogP contribution is 2.44. The molecule has 1 aliphatic rings. The molecule has 2 amide bonds. The number of halogens is 2. The molecule has 34 heavy (non-hydrogen) atoms. The van der Waals surface area contributed by atoms with E-state index < -0.39 is 40.1 Å². The molecule has 174 valence electrons. The van der Waals surface area contributed by atoms with E-state index >= 15 is 0 Å². The maximum Gasteiger partial charge on any atom is 0.320 e. The van der Waals surface area contributed by atoms with Gasteiger partial charge < -0.3 is 20.5 Å². The largest absolute Gasteiger partial charge is 0.500 e. The Morgan fingerprint density at radius 2 is 1.79 bits per heavy atom. The normalized spacial score (nSPS) is 15.5. The molecular weight excluding hydrogens is 448 g/mol. The van der Waals surface area contributed by atoms with Crippen molar-refractivity contribution in [1.29, 1.82) is 0 Å². The molecule has 4 rings (SSSR count). The number of nitro benzene ring substituents is 1. The number of aromatic hydroxyl groups is 1. The van der Waals surface area contributed by atoms with Gasteiger partial charge in [0.25, 0.3) is 0 Å². The Labute approximate surface area is 192 Å². The van der Waals surface area contributed by atoms with E-state index in [0.29, 0.717) is 16.8 Å². The van der Waals surface area contributed by atoms with E-state index in [2.05, 4.69) is 10.6 Å². The minimum atomic E-state index is -1.10. The van der Waals surface area contributed by atoms with Crippen molar-refractivity contribution in [1.82, 2.24) is 10.6 Å². The van der Waals surface area contributed by atoms with Crippen LogP contribution in [0.25, 0.3) is 11.3 Å². The average Bonchev–Trinajstić information content (AvgIpc) is 2.82. The SMILES string of the molecule is CCOc1cc(C2NC(=O)NC(c3ccccc3)=C2c2ccc(F)c(F)c2)cc([N+](=O)[O-])c1O. The lowest BCUT2D eigenvalue weighted by atomic mass is 9.87. The summed E-state index contributed by atoms with van der Waals surface area (Å²) >= 11 is 0. The first-order valence-corrected chi connectivity index (χ1v) is 10.3. The Kier molecular flexibility index (Phi) is 6.13. The van der Waals surface area contributed by atoms with E-state index in [0.717, 1.165) is 18.2 Å². The molecule has 0 spiro atoms. The van der Waals surface area contributed by atoms with Gasteiger partial charge in [-0.05, 0) is 41.8 Å². The summed E-state index contributed by atoms with van der Waals surface area (Å²) in [6.45, 7) is 1.76. The number of phenolic OH excluding ortho intramolecular Hbond substituents is 1. The van der Waals surface area contributed by atoms with Gasteiger partial charge in [-0.25, -0.2) is 13.6 Å². The number of phenols is 1. The van der Waals surface area contributed by atoms with Crippen molar-refractivity contribution >= 4 is 23.0 Å². The molecule has 1 heterocycles. The molecule has 1 aliphatic heterocycles. The first kappa shape index (κ1) is 22.7. The fraction of sp³-hybridized carbons (Fsp3) is 0.125. The summed E-state index contributed by atoms with van der Waals surface area (Å²) in [6.07, 6.45) is 0. The van der Waals surface area contributed by atoms with Gasteiger partial charge in [0.1, 0.15) is 0 Å². The number of urea groups is 1. The monoisotopic (exact) mass is 467 g/mol. The standard InChI is InChI=1S/C24H19F2N3O5/c1-2-34-19-12-15(11-18(23(19)30)29(32)33)22-20(14-8-9-16(25)17(26)10-14)21(27-24(31)28-22)13-6-4-3-5-7-13/h3-12,22,30H,2H2,1H3,(H2,27,28,31). The molecule has 0 saturated heterocycles. The minimum absolute atomic E-state index is 0.119. The second-order valence-corrected chi connectivity index (χ2v) is 7.39. The topological polar surface area (TPSA) is 114 Å². The first-order chi connectivity index (χ1) is 16.3. The molecule has 3 aromatic carbocycles. The Morgan fingerprint density at radius 1 is 1.06 bits per heavy atom. The van der Waals surface area contributed by atoms with Crippen molar-refractivity contribution in [2.24, 2.45) is 0 Å². The molecule has 0 fully saturated rings. The highest BCUT2D eigenvalue weighted by Gasteiger charge is 2.33. The predicted octanol–water partition coefficient (Wildman–Crippen LogP) is 4.90. The molecule has 10 heteroatoms. The van der Waals surface area contributed by atoms with Crippen LogP contribution in [0.5, 0.6) is 11.5 Å². The Balaban J connectivity index is 2.01. The van der Waals surface area contributed by atoms with E-state index in [1.807, 2.05) is 0 Å². The van der Waals surface area contributed by atoms with Crippen LogP contribution in [0.4, 0.5) is 19.3 Å². The molecule has 0 radical (unpaired) electrons. The van der Waals surface area contributed by atoms with E-state index in [1.165, 1.54) is 12.1 Å². The summed E-state index contributed by atoms with van der Waals surface area (Å²) in [5.74, 6) is -2.95. The zero-order valence-corrected chi connectivity index (χ0v) is 17.8. The van der Waals surface area contributed by atoms with Gasteiger partial charge in [-0.2, -0.15) is 0 Å². The second kappa shape index (κ2) is 9.18. The van der Waals surface area contributed by atoms with Gasteiger partial charge in [-0.1, -0.05) is 36.4 Å². The summed E-state index contributed by atoms with van der Waals surface area (Å²) in [5.41, 5.74) is 1.06. The molecule has 0 saturated carbocycles. The van der Waals surface area contributed by atoms with Gasteiger partial charge in [-0.3, -0.25) is 10.1 Å². The fourth-order valence-corrected chi connectivity index (χ4v) is 3.81. The average molecular weight is 467 g/mol. The number of carbonyl (C=O) groups excluding carboxylic acids is 1. The number of rotatable bonds is 6. The fourth-order valence-electron chi connectivity index (χ4n) is 3.81. The minimum Gasteiger partial charge on any atom is -0.500 e. The van der Waals surface area contributed by atoms with Crippen LogP contribution in [-0.2, 0) is 0 Å².